The number of aliphatic imine (C=N–C) groups is 1. The second kappa shape index (κ2) is 6.81. The Morgan fingerprint density at radius 2 is 2.04 bits per heavy atom. The van der Waals surface area contributed by atoms with Gasteiger partial charge in [-0.15, -0.1) is 0 Å². The molecule has 1 aliphatic rings. The van der Waals surface area contributed by atoms with Gasteiger partial charge in [-0.3, -0.25) is 10.1 Å². The Balaban J connectivity index is 1.95. The Bertz CT molecular complexity index is 924. The van der Waals surface area contributed by atoms with Crippen LogP contribution in [0, 0.1) is 13.7 Å². The fourth-order valence-electron chi connectivity index (χ4n) is 2.05. The van der Waals surface area contributed by atoms with Crippen LogP contribution < -0.4 is 0 Å². The maximum Gasteiger partial charge on any atom is 0.363 e. The van der Waals surface area contributed by atoms with Gasteiger partial charge in [0.25, 0.3) is 5.69 Å². The number of rotatable bonds is 3. The van der Waals surface area contributed by atoms with Crippen molar-refractivity contribution >= 4 is 62.2 Å². The normalized spacial score (nSPS) is 15.3. The first-order valence-corrected chi connectivity index (χ1v) is 8.53. The van der Waals surface area contributed by atoms with Crippen LogP contribution in [0.25, 0.3) is 6.08 Å². The monoisotopic (exact) mass is 498 g/mol. The van der Waals surface area contributed by atoms with Crippen LogP contribution in [0.5, 0.6) is 0 Å². The Labute approximate surface area is 158 Å². The van der Waals surface area contributed by atoms with E-state index in [1.807, 2.05) is 12.1 Å². The molecule has 3 rings (SSSR count). The van der Waals surface area contributed by atoms with Gasteiger partial charge >= 0.3 is 5.97 Å². The van der Waals surface area contributed by atoms with Gasteiger partial charge in [0.2, 0.25) is 5.90 Å². The van der Waals surface area contributed by atoms with Crippen LogP contribution in [0.3, 0.4) is 0 Å². The molecule has 0 atom stereocenters. The van der Waals surface area contributed by atoms with Crippen molar-refractivity contribution in [2.24, 2.45) is 4.99 Å². The van der Waals surface area contributed by atoms with Crippen LogP contribution in [-0.2, 0) is 9.53 Å². The number of esters is 1. The predicted molar refractivity (Wildman–Crippen MR) is 101 cm³/mol. The molecular formula is C16H8BrIN2O4. The molecule has 0 saturated carbocycles. The van der Waals surface area contributed by atoms with E-state index < -0.39 is 10.9 Å². The predicted octanol–water partition coefficient (Wildman–Crippen LogP) is 4.31. The van der Waals surface area contributed by atoms with Crippen molar-refractivity contribution in [2.75, 3.05) is 0 Å². The van der Waals surface area contributed by atoms with Gasteiger partial charge in [-0.2, -0.15) is 0 Å². The summed E-state index contributed by atoms with van der Waals surface area (Å²) in [7, 11) is 0. The number of carbonyl (C=O) groups excluding carboxylic acids is 1. The highest BCUT2D eigenvalue weighted by Gasteiger charge is 2.24. The third-order valence-electron chi connectivity index (χ3n) is 3.17. The van der Waals surface area contributed by atoms with Crippen molar-refractivity contribution < 1.29 is 14.5 Å². The molecule has 0 aliphatic carbocycles. The molecule has 1 heterocycles. The van der Waals surface area contributed by atoms with E-state index in [-0.39, 0.29) is 17.3 Å². The van der Waals surface area contributed by atoms with E-state index in [0.717, 1.165) is 8.04 Å². The molecule has 0 unspecified atom stereocenters. The standard InChI is InChI=1S/C16H8BrIN2O4/c17-12-8-10(4-5-13(12)18)15-19-14(16(21)24-15)7-9-2-1-3-11(6-9)20(22)23/h1-8H/b14-7-. The molecule has 0 spiro atoms. The largest absolute Gasteiger partial charge is 0.402 e. The summed E-state index contributed by atoms with van der Waals surface area (Å²) in [6, 6.07) is 11.4. The zero-order chi connectivity index (χ0) is 17.3. The quantitative estimate of drug-likeness (QED) is 0.207. The van der Waals surface area contributed by atoms with E-state index in [0.29, 0.717) is 11.1 Å². The number of halogens is 2. The molecule has 0 bridgehead atoms. The molecule has 0 N–H and O–H groups in total. The van der Waals surface area contributed by atoms with Crippen LogP contribution >= 0.6 is 38.5 Å². The van der Waals surface area contributed by atoms with E-state index >= 15 is 0 Å². The van der Waals surface area contributed by atoms with E-state index in [4.69, 9.17) is 4.74 Å². The highest BCUT2D eigenvalue weighted by molar-refractivity contribution is 14.1. The lowest BCUT2D eigenvalue weighted by atomic mass is 10.1. The maximum atomic E-state index is 12.0. The molecule has 1 aliphatic heterocycles. The van der Waals surface area contributed by atoms with Gasteiger partial charge in [0.05, 0.1) is 4.92 Å². The summed E-state index contributed by atoms with van der Waals surface area (Å²) in [6.45, 7) is 0. The summed E-state index contributed by atoms with van der Waals surface area (Å²) in [5, 5.41) is 10.8. The fraction of sp³-hybridized carbons (Fsp3) is 0. The first-order chi connectivity index (χ1) is 11.4. The van der Waals surface area contributed by atoms with Crippen molar-refractivity contribution in [3.05, 3.63) is 77.4 Å². The zero-order valence-corrected chi connectivity index (χ0v) is 15.6. The average molecular weight is 499 g/mol. The summed E-state index contributed by atoms with van der Waals surface area (Å²) >= 11 is 5.59. The molecule has 0 aromatic heterocycles. The number of nitro benzene ring substituents is 1. The van der Waals surface area contributed by atoms with Gasteiger partial charge in [0.15, 0.2) is 5.70 Å². The first kappa shape index (κ1) is 16.8. The van der Waals surface area contributed by atoms with Crippen LogP contribution in [0.2, 0.25) is 0 Å². The SMILES string of the molecule is O=C1OC(c2ccc(I)c(Br)c2)=N/C1=C\c1cccc([N+](=O)[O-])c1. The first-order valence-electron chi connectivity index (χ1n) is 6.66. The number of benzene rings is 2. The second-order valence-corrected chi connectivity index (χ2v) is 6.83. The van der Waals surface area contributed by atoms with Crippen molar-refractivity contribution in [3.63, 3.8) is 0 Å². The smallest absolute Gasteiger partial charge is 0.363 e. The minimum Gasteiger partial charge on any atom is -0.402 e. The number of nitrogens with zero attached hydrogens (tertiary/aromatic N) is 2. The lowest BCUT2D eigenvalue weighted by Crippen LogP contribution is -2.05. The summed E-state index contributed by atoms with van der Waals surface area (Å²) in [6.07, 6.45) is 1.46. The van der Waals surface area contributed by atoms with Crippen molar-refractivity contribution in [3.8, 4) is 0 Å². The molecule has 0 fully saturated rings. The van der Waals surface area contributed by atoms with Crippen LogP contribution in [-0.4, -0.2) is 16.8 Å². The lowest BCUT2D eigenvalue weighted by molar-refractivity contribution is -0.384. The molecule has 6 nitrogen and oxygen atoms in total. The third-order valence-corrected chi connectivity index (χ3v) is 5.51. The van der Waals surface area contributed by atoms with Gasteiger partial charge in [-0.1, -0.05) is 12.1 Å². The van der Waals surface area contributed by atoms with E-state index in [1.165, 1.54) is 18.2 Å². The van der Waals surface area contributed by atoms with Gasteiger partial charge in [0.1, 0.15) is 0 Å². The van der Waals surface area contributed by atoms with Crippen LogP contribution in [0.15, 0.2) is 57.6 Å². The van der Waals surface area contributed by atoms with Crippen LogP contribution in [0.1, 0.15) is 11.1 Å². The minimum absolute atomic E-state index is 0.0542. The summed E-state index contributed by atoms with van der Waals surface area (Å²) in [5.41, 5.74) is 1.21. The van der Waals surface area contributed by atoms with Gasteiger partial charge < -0.3 is 4.74 Å². The number of cyclic esters (lactones) is 1. The van der Waals surface area contributed by atoms with Crippen molar-refractivity contribution in [1.82, 2.24) is 0 Å². The summed E-state index contributed by atoms with van der Waals surface area (Å²) in [5.74, 6) is -0.389. The van der Waals surface area contributed by atoms with Gasteiger partial charge in [0, 0.05) is 25.7 Å². The van der Waals surface area contributed by atoms with E-state index in [2.05, 4.69) is 43.5 Å². The molecule has 120 valence electrons. The Kier molecular flexibility index (Phi) is 4.76. The number of hydrogen-bond donors (Lipinski definition) is 0. The molecule has 0 amide bonds. The molecular weight excluding hydrogens is 491 g/mol. The molecule has 24 heavy (non-hydrogen) atoms. The zero-order valence-electron chi connectivity index (χ0n) is 11.9. The van der Waals surface area contributed by atoms with Gasteiger partial charge in [-0.25, -0.2) is 9.79 Å². The Hall–Kier alpha value is -2.07. The molecule has 2 aromatic rings. The Morgan fingerprint density at radius 3 is 2.75 bits per heavy atom. The van der Waals surface area contributed by atoms with Crippen molar-refractivity contribution in [1.29, 1.82) is 0 Å². The number of carbonyl (C=O) groups is 1. The molecule has 0 radical (unpaired) electrons. The second-order valence-electron chi connectivity index (χ2n) is 4.82. The van der Waals surface area contributed by atoms with E-state index in [1.54, 1.807) is 18.2 Å². The number of nitro groups is 1. The van der Waals surface area contributed by atoms with Gasteiger partial charge in [-0.05, 0) is 68.4 Å². The highest BCUT2D eigenvalue weighted by Crippen LogP contribution is 2.25. The molecule has 2 aromatic carbocycles. The third kappa shape index (κ3) is 3.54. The summed E-state index contributed by atoms with van der Waals surface area (Å²) in [4.78, 5) is 26.5. The average Bonchev–Trinajstić information content (AvgIpc) is 2.91. The topological polar surface area (TPSA) is 81.8 Å². The minimum atomic E-state index is -0.592. The fourth-order valence-corrected chi connectivity index (χ4v) is 2.76. The molecule has 0 saturated heterocycles. The maximum absolute atomic E-state index is 12.0. The number of ether oxygens (including phenoxy) is 1. The lowest BCUT2D eigenvalue weighted by Gasteiger charge is -2.01. The summed E-state index contributed by atoms with van der Waals surface area (Å²) < 4.78 is 7.08. The number of hydrogen-bond acceptors (Lipinski definition) is 5. The van der Waals surface area contributed by atoms with Crippen LogP contribution in [0.4, 0.5) is 5.69 Å². The molecule has 8 heteroatoms. The Morgan fingerprint density at radius 1 is 1.25 bits per heavy atom. The highest BCUT2D eigenvalue weighted by atomic mass is 127. The number of non-ortho nitro benzene ring substituents is 1. The van der Waals surface area contributed by atoms with E-state index in [9.17, 15) is 14.9 Å². The van der Waals surface area contributed by atoms with Crippen molar-refractivity contribution in [2.45, 2.75) is 0 Å².